The second kappa shape index (κ2) is 16.4. The number of rotatable bonds is 14. The molecule has 0 spiro atoms. The van der Waals surface area contributed by atoms with Gasteiger partial charge in [0, 0.05) is 58.4 Å². The molecular formula is C37H43N9O7S2. The molecule has 4 heterocycles. The number of piperidine rings is 1. The van der Waals surface area contributed by atoms with Crippen molar-refractivity contribution in [2.24, 2.45) is 0 Å². The van der Waals surface area contributed by atoms with Gasteiger partial charge in [0.15, 0.2) is 0 Å². The number of imide groups is 1. The lowest BCUT2D eigenvalue weighted by atomic mass is 10.0. The largest absolute Gasteiger partial charge is 0.494 e. The number of hydrogen-bond acceptors (Lipinski definition) is 12. The van der Waals surface area contributed by atoms with E-state index in [9.17, 15) is 27.6 Å². The van der Waals surface area contributed by atoms with Gasteiger partial charge in [-0.15, -0.1) is 11.3 Å². The molecule has 0 radical (unpaired) electrons. The van der Waals surface area contributed by atoms with Crippen LogP contribution in [0.1, 0.15) is 66.4 Å². The van der Waals surface area contributed by atoms with Crippen molar-refractivity contribution in [3.63, 3.8) is 0 Å². The zero-order valence-electron chi connectivity index (χ0n) is 30.8. The van der Waals surface area contributed by atoms with Crippen molar-refractivity contribution in [1.82, 2.24) is 35.5 Å². The van der Waals surface area contributed by atoms with Gasteiger partial charge >= 0.3 is 6.03 Å². The molecule has 16 nitrogen and oxygen atoms in total. The number of benzene rings is 2. The molecule has 6 N–H and O–H groups in total. The first kappa shape index (κ1) is 39.1. The van der Waals surface area contributed by atoms with Crippen molar-refractivity contribution in [3.8, 4) is 5.75 Å². The third-order valence-electron chi connectivity index (χ3n) is 8.60. The minimum atomic E-state index is -3.71. The van der Waals surface area contributed by atoms with Crippen LogP contribution in [0.3, 0.4) is 0 Å². The fourth-order valence-electron chi connectivity index (χ4n) is 5.97. The minimum absolute atomic E-state index is 0.137. The van der Waals surface area contributed by atoms with Crippen LogP contribution in [-0.4, -0.2) is 71.8 Å². The number of fused-ring (bicyclic) bond motifs is 1. The number of sulfonamides is 1. The van der Waals surface area contributed by atoms with Crippen molar-refractivity contribution >= 4 is 68.3 Å². The van der Waals surface area contributed by atoms with Crippen LogP contribution in [0.4, 0.5) is 27.9 Å². The first-order valence-electron chi connectivity index (χ1n) is 17.7. The highest BCUT2D eigenvalue weighted by atomic mass is 32.2. The van der Waals surface area contributed by atoms with Crippen molar-refractivity contribution in [2.45, 2.75) is 76.5 Å². The number of carbonyl (C=O) groups is 4. The molecular weight excluding hydrogens is 747 g/mol. The van der Waals surface area contributed by atoms with Crippen molar-refractivity contribution < 1.29 is 32.3 Å². The highest BCUT2D eigenvalue weighted by Crippen LogP contribution is 2.34. The average molecular weight is 790 g/mol. The lowest BCUT2D eigenvalue weighted by Crippen LogP contribution is -2.52. The summed E-state index contributed by atoms with van der Waals surface area (Å²) in [6.45, 7) is 8.45. The van der Waals surface area contributed by atoms with Crippen LogP contribution in [-0.2, 0) is 32.7 Å². The first-order chi connectivity index (χ1) is 26.1. The van der Waals surface area contributed by atoms with Crippen molar-refractivity contribution in [3.05, 3.63) is 81.7 Å². The SMILES string of the molecule is Cc1cnc(Nc2ccc(OCCCNC(=O)NCc3scc4c3CN([C@H]3CCC(=O)NC3=O)C4=O)cc2)nc1Nc1cccc(S(=O)(=O)NC(C)(C)C)c1. The third-order valence-corrected chi connectivity index (χ3v) is 11.4. The Labute approximate surface area is 322 Å². The van der Waals surface area contributed by atoms with E-state index in [4.69, 9.17) is 4.74 Å². The van der Waals surface area contributed by atoms with E-state index >= 15 is 0 Å². The van der Waals surface area contributed by atoms with E-state index in [-0.39, 0.29) is 42.3 Å². The van der Waals surface area contributed by atoms with E-state index in [0.717, 1.165) is 21.7 Å². The summed E-state index contributed by atoms with van der Waals surface area (Å²) < 4.78 is 34.2. The molecule has 1 saturated heterocycles. The third kappa shape index (κ3) is 9.94. The number of hydrogen-bond donors (Lipinski definition) is 6. The summed E-state index contributed by atoms with van der Waals surface area (Å²) >= 11 is 1.38. The Morgan fingerprint density at radius 1 is 1.05 bits per heavy atom. The molecule has 55 heavy (non-hydrogen) atoms. The average Bonchev–Trinajstić information content (AvgIpc) is 3.67. The Hall–Kier alpha value is -5.59. The van der Waals surface area contributed by atoms with Gasteiger partial charge in [-0.05, 0) is 88.6 Å². The number of urea groups is 1. The van der Waals surface area contributed by atoms with Crippen LogP contribution in [0.25, 0.3) is 0 Å². The van der Waals surface area contributed by atoms with Gasteiger partial charge in [-0.3, -0.25) is 19.7 Å². The van der Waals surface area contributed by atoms with Crippen molar-refractivity contribution in [1.29, 1.82) is 0 Å². The summed E-state index contributed by atoms with van der Waals surface area (Å²) in [7, 11) is -3.71. The van der Waals surface area contributed by atoms with Gasteiger partial charge < -0.3 is 30.9 Å². The molecule has 2 aliphatic rings. The lowest BCUT2D eigenvalue weighted by Gasteiger charge is -2.29. The number of nitrogens with one attached hydrogen (secondary N) is 6. The Morgan fingerprint density at radius 2 is 1.84 bits per heavy atom. The normalized spacial score (nSPS) is 15.7. The number of aromatic nitrogens is 2. The van der Waals surface area contributed by atoms with E-state index in [0.29, 0.717) is 54.8 Å². The highest BCUT2D eigenvalue weighted by molar-refractivity contribution is 7.89. The number of ether oxygens (including phenoxy) is 1. The van der Waals surface area contributed by atoms with Crippen LogP contribution in [0.15, 0.2) is 65.0 Å². The monoisotopic (exact) mass is 789 g/mol. The quantitative estimate of drug-likeness (QED) is 0.0777. The number of carbonyl (C=O) groups excluding carboxylic acids is 4. The van der Waals surface area contributed by atoms with Crippen LogP contribution in [0.5, 0.6) is 5.75 Å². The molecule has 2 aromatic carbocycles. The van der Waals surface area contributed by atoms with E-state index < -0.39 is 27.5 Å². The first-order valence-corrected chi connectivity index (χ1v) is 20.0. The maximum Gasteiger partial charge on any atom is 0.315 e. The molecule has 1 fully saturated rings. The molecule has 290 valence electrons. The molecule has 2 aliphatic heterocycles. The minimum Gasteiger partial charge on any atom is -0.494 e. The number of anilines is 4. The van der Waals surface area contributed by atoms with Gasteiger partial charge in [0.1, 0.15) is 17.6 Å². The number of nitrogens with zero attached hydrogens (tertiary/aromatic N) is 3. The summed E-state index contributed by atoms with van der Waals surface area (Å²) in [4.78, 5) is 60.6. The van der Waals surface area contributed by atoms with E-state index in [2.05, 4.69) is 41.3 Å². The van der Waals surface area contributed by atoms with Gasteiger partial charge in [-0.25, -0.2) is 22.9 Å². The molecule has 6 rings (SSSR count). The maximum absolute atomic E-state index is 12.9. The summed E-state index contributed by atoms with van der Waals surface area (Å²) in [6, 6.07) is 12.7. The summed E-state index contributed by atoms with van der Waals surface area (Å²) in [5.41, 5.74) is 2.76. The van der Waals surface area contributed by atoms with Gasteiger partial charge in [0.2, 0.25) is 27.8 Å². The van der Waals surface area contributed by atoms with Crippen LogP contribution < -0.4 is 36.0 Å². The summed E-state index contributed by atoms with van der Waals surface area (Å²) in [5, 5.41) is 16.0. The van der Waals surface area contributed by atoms with E-state index in [1.807, 2.05) is 19.1 Å². The van der Waals surface area contributed by atoms with E-state index in [1.165, 1.54) is 22.3 Å². The fourth-order valence-corrected chi connectivity index (χ4v) is 8.41. The smallest absolute Gasteiger partial charge is 0.315 e. The highest BCUT2D eigenvalue weighted by Gasteiger charge is 2.40. The van der Waals surface area contributed by atoms with Gasteiger partial charge in [0.05, 0.1) is 23.6 Å². The molecule has 5 amide bonds. The van der Waals surface area contributed by atoms with Crippen LogP contribution in [0, 0.1) is 6.92 Å². The Kier molecular flexibility index (Phi) is 11.7. The Bertz CT molecular complexity index is 2200. The Balaban J connectivity index is 0.919. The predicted molar refractivity (Wildman–Crippen MR) is 207 cm³/mol. The second-order valence-corrected chi connectivity index (χ2v) is 16.8. The number of aryl methyl sites for hydroxylation is 1. The summed E-state index contributed by atoms with van der Waals surface area (Å²) in [5.74, 6) is 0.472. The van der Waals surface area contributed by atoms with Gasteiger partial charge in [-0.2, -0.15) is 4.98 Å². The summed E-state index contributed by atoms with van der Waals surface area (Å²) in [6.07, 6.45) is 2.71. The maximum atomic E-state index is 12.9. The van der Waals surface area contributed by atoms with Crippen molar-refractivity contribution in [2.75, 3.05) is 23.8 Å². The molecule has 0 unspecified atom stereocenters. The molecule has 2 aromatic heterocycles. The van der Waals surface area contributed by atoms with Crippen LogP contribution in [0.2, 0.25) is 0 Å². The van der Waals surface area contributed by atoms with Gasteiger partial charge in [0.25, 0.3) is 5.91 Å². The zero-order chi connectivity index (χ0) is 39.3. The molecule has 0 saturated carbocycles. The van der Waals surface area contributed by atoms with E-state index in [1.54, 1.807) is 62.7 Å². The topological polar surface area (TPSA) is 213 Å². The molecule has 18 heteroatoms. The Morgan fingerprint density at radius 3 is 2.58 bits per heavy atom. The number of amides is 5. The number of thiophene rings is 1. The predicted octanol–water partition coefficient (Wildman–Crippen LogP) is 4.44. The molecule has 0 bridgehead atoms. The molecule has 0 aliphatic carbocycles. The second-order valence-electron chi connectivity index (χ2n) is 14.1. The standard InChI is InChI=1S/C37H43N9O7S2/c1-22-18-39-35(44-32(22)41-24-7-5-8-26(17-24)55(51,52)45-37(2,3)4)42-23-9-11-25(12-10-23)53-16-6-15-38-36(50)40-19-30-27-20-46(34(49)28(27)21-54-30)29-13-14-31(47)43-33(29)48/h5,7-12,17-18,21,29,45H,6,13-16,19-20H2,1-4H3,(H2,38,40,50)(H,43,47,48)(H2,39,41,42,44)/t29-/m0/s1. The molecule has 4 aromatic rings. The van der Waals surface area contributed by atoms with Gasteiger partial charge in [-0.1, -0.05) is 6.07 Å². The zero-order valence-corrected chi connectivity index (χ0v) is 32.4. The fraction of sp³-hybridized carbons (Fsp3) is 0.351. The van der Waals surface area contributed by atoms with Crippen LogP contribution >= 0.6 is 11.3 Å². The lowest BCUT2D eigenvalue weighted by molar-refractivity contribution is -0.136. The molecule has 1 atom stereocenters.